The zero-order chi connectivity index (χ0) is 14.4. The van der Waals surface area contributed by atoms with Gasteiger partial charge >= 0.3 is 0 Å². The van der Waals surface area contributed by atoms with Crippen LogP contribution in [0.3, 0.4) is 0 Å². The van der Waals surface area contributed by atoms with Crippen molar-refractivity contribution >= 4 is 15.9 Å². The topological polar surface area (TPSA) is 29.3 Å². The SMILES string of the molecule is CCN(CCC(N)c1ccc(Br)cc1)C1CCCCC1. The molecular weight excluding hydrogens is 312 g/mol. The van der Waals surface area contributed by atoms with E-state index in [1.165, 1.54) is 37.7 Å². The second-order valence-corrected chi connectivity index (χ2v) is 6.78. The number of hydrogen-bond acceptors (Lipinski definition) is 2. The van der Waals surface area contributed by atoms with Gasteiger partial charge in [-0.05, 0) is 43.5 Å². The minimum absolute atomic E-state index is 0.153. The Morgan fingerprint density at radius 1 is 1.20 bits per heavy atom. The molecule has 112 valence electrons. The monoisotopic (exact) mass is 338 g/mol. The third-order valence-electron chi connectivity index (χ3n) is 4.52. The van der Waals surface area contributed by atoms with Gasteiger partial charge in [-0.3, -0.25) is 0 Å². The number of halogens is 1. The summed E-state index contributed by atoms with van der Waals surface area (Å²) in [4.78, 5) is 2.64. The Morgan fingerprint density at radius 3 is 2.45 bits per heavy atom. The summed E-state index contributed by atoms with van der Waals surface area (Å²) >= 11 is 3.47. The van der Waals surface area contributed by atoms with Crippen LogP contribution in [-0.4, -0.2) is 24.0 Å². The quantitative estimate of drug-likeness (QED) is 0.827. The maximum atomic E-state index is 6.34. The molecule has 2 rings (SSSR count). The molecule has 3 heteroatoms. The normalized spacial score (nSPS) is 18.4. The Balaban J connectivity index is 1.84. The van der Waals surface area contributed by atoms with Crippen LogP contribution in [0.5, 0.6) is 0 Å². The van der Waals surface area contributed by atoms with Crippen molar-refractivity contribution < 1.29 is 0 Å². The number of rotatable bonds is 6. The van der Waals surface area contributed by atoms with E-state index in [4.69, 9.17) is 5.73 Å². The summed E-state index contributed by atoms with van der Waals surface area (Å²) in [6, 6.07) is 9.37. The molecule has 2 N–H and O–H groups in total. The predicted molar refractivity (Wildman–Crippen MR) is 89.8 cm³/mol. The van der Waals surface area contributed by atoms with Crippen molar-refractivity contribution in [3.63, 3.8) is 0 Å². The molecule has 1 aliphatic rings. The molecule has 1 aliphatic carbocycles. The highest BCUT2D eigenvalue weighted by molar-refractivity contribution is 9.10. The van der Waals surface area contributed by atoms with Crippen LogP contribution >= 0.6 is 15.9 Å². The summed E-state index contributed by atoms with van der Waals surface area (Å²) in [6.07, 6.45) is 8.03. The van der Waals surface area contributed by atoms with Gasteiger partial charge < -0.3 is 10.6 Å². The Labute approximate surface area is 131 Å². The standard InChI is InChI=1S/C17H27BrN2/c1-2-20(16-6-4-3-5-7-16)13-12-17(19)14-8-10-15(18)11-9-14/h8-11,16-17H,2-7,12-13,19H2,1H3. The Hall–Kier alpha value is -0.380. The van der Waals surface area contributed by atoms with E-state index >= 15 is 0 Å². The second kappa shape index (κ2) is 8.16. The third-order valence-corrected chi connectivity index (χ3v) is 5.05. The Morgan fingerprint density at radius 2 is 1.85 bits per heavy atom. The fraction of sp³-hybridized carbons (Fsp3) is 0.647. The van der Waals surface area contributed by atoms with E-state index in [9.17, 15) is 0 Å². The van der Waals surface area contributed by atoms with Crippen molar-refractivity contribution in [1.29, 1.82) is 0 Å². The Bertz CT molecular complexity index is 384. The largest absolute Gasteiger partial charge is 0.324 e. The number of hydrogen-bond donors (Lipinski definition) is 1. The van der Waals surface area contributed by atoms with E-state index in [1.54, 1.807) is 0 Å². The molecule has 1 unspecified atom stereocenters. The lowest BCUT2D eigenvalue weighted by Crippen LogP contribution is -2.38. The molecule has 0 aromatic heterocycles. The smallest absolute Gasteiger partial charge is 0.0307 e. The molecule has 1 atom stereocenters. The molecule has 0 bridgehead atoms. The van der Waals surface area contributed by atoms with Gasteiger partial charge in [-0.25, -0.2) is 0 Å². The lowest BCUT2D eigenvalue weighted by atomic mass is 9.93. The number of benzene rings is 1. The van der Waals surface area contributed by atoms with Gasteiger partial charge in [-0.15, -0.1) is 0 Å². The molecule has 0 spiro atoms. The minimum Gasteiger partial charge on any atom is -0.324 e. The zero-order valence-corrected chi connectivity index (χ0v) is 14.1. The van der Waals surface area contributed by atoms with Crippen molar-refractivity contribution in [3.05, 3.63) is 34.3 Å². The lowest BCUT2D eigenvalue weighted by molar-refractivity contribution is 0.159. The summed E-state index contributed by atoms with van der Waals surface area (Å²) in [6.45, 7) is 4.55. The average Bonchev–Trinajstić information content (AvgIpc) is 2.49. The second-order valence-electron chi connectivity index (χ2n) is 5.87. The van der Waals surface area contributed by atoms with Crippen LogP contribution in [0.2, 0.25) is 0 Å². The molecule has 2 nitrogen and oxygen atoms in total. The predicted octanol–water partition coefficient (Wildman–Crippen LogP) is 4.49. The van der Waals surface area contributed by atoms with Crippen LogP contribution in [0.1, 0.15) is 57.1 Å². The van der Waals surface area contributed by atoms with Gasteiger partial charge in [0.15, 0.2) is 0 Å². The van der Waals surface area contributed by atoms with Crippen molar-refractivity contribution in [2.75, 3.05) is 13.1 Å². The van der Waals surface area contributed by atoms with Crippen LogP contribution in [0.4, 0.5) is 0 Å². The van der Waals surface area contributed by atoms with E-state index in [0.29, 0.717) is 0 Å². The minimum atomic E-state index is 0.153. The zero-order valence-electron chi connectivity index (χ0n) is 12.5. The highest BCUT2D eigenvalue weighted by Crippen LogP contribution is 2.24. The summed E-state index contributed by atoms with van der Waals surface area (Å²) in [5.41, 5.74) is 7.58. The van der Waals surface area contributed by atoms with Crippen LogP contribution in [0, 0.1) is 0 Å². The fourth-order valence-electron chi connectivity index (χ4n) is 3.23. The van der Waals surface area contributed by atoms with E-state index in [-0.39, 0.29) is 6.04 Å². The number of nitrogens with two attached hydrogens (primary N) is 1. The first-order valence-corrected chi connectivity index (χ1v) is 8.75. The van der Waals surface area contributed by atoms with Gasteiger partial charge in [0, 0.05) is 23.1 Å². The first-order chi connectivity index (χ1) is 9.70. The van der Waals surface area contributed by atoms with Gasteiger partial charge in [0.1, 0.15) is 0 Å². The van der Waals surface area contributed by atoms with Crippen LogP contribution in [-0.2, 0) is 0 Å². The van der Waals surface area contributed by atoms with E-state index in [0.717, 1.165) is 30.0 Å². The first kappa shape index (κ1) is 16.0. The lowest BCUT2D eigenvalue weighted by Gasteiger charge is -2.34. The molecule has 20 heavy (non-hydrogen) atoms. The maximum absolute atomic E-state index is 6.34. The molecule has 0 aliphatic heterocycles. The van der Waals surface area contributed by atoms with Gasteiger partial charge in [-0.2, -0.15) is 0 Å². The van der Waals surface area contributed by atoms with E-state index in [1.807, 2.05) is 0 Å². The van der Waals surface area contributed by atoms with Crippen molar-refractivity contribution in [2.24, 2.45) is 5.73 Å². The summed E-state index contributed by atoms with van der Waals surface area (Å²) in [5, 5.41) is 0. The Kier molecular flexibility index (Phi) is 6.53. The summed E-state index contributed by atoms with van der Waals surface area (Å²) in [7, 11) is 0. The maximum Gasteiger partial charge on any atom is 0.0307 e. The molecule has 1 aromatic carbocycles. The average molecular weight is 339 g/mol. The molecule has 0 radical (unpaired) electrons. The van der Waals surface area contributed by atoms with Crippen LogP contribution in [0.25, 0.3) is 0 Å². The van der Waals surface area contributed by atoms with E-state index in [2.05, 4.69) is 52.0 Å². The van der Waals surface area contributed by atoms with Crippen LogP contribution < -0.4 is 5.73 Å². The van der Waals surface area contributed by atoms with Crippen molar-refractivity contribution in [1.82, 2.24) is 4.90 Å². The first-order valence-electron chi connectivity index (χ1n) is 7.95. The molecule has 0 heterocycles. The van der Waals surface area contributed by atoms with Crippen LogP contribution in [0.15, 0.2) is 28.7 Å². The van der Waals surface area contributed by atoms with Gasteiger partial charge in [0.25, 0.3) is 0 Å². The highest BCUT2D eigenvalue weighted by Gasteiger charge is 2.20. The van der Waals surface area contributed by atoms with Gasteiger partial charge in [0.2, 0.25) is 0 Å². The molecule has 0 saturated heterocycles. The molecule has 1 fully saturated rings. The third kappa shape index (κ3) is 4.57. The van der Waals surface area contributed by atoms with Gasteiger partial charge in [-0.1, -0.05) is 54.2 Å². The summed E-state index contributed by atoms with van der Waals surface area (Å²) < 4.78 is 1.12. The van der Waals surface area contributed by atoms with Crippen molar-refractivity contribution in [3.8, 4) is 0 Å². The van der Waals surface area contributed by atoms with Gasteiger partial charge in [0.05, 0.1) is 0 Å². The molecule has 1 saturated carbocycles. The highest BCUT2D eigenvalue weighted by atomic mass is 79.9. The molecule has 1 aromatic rings. The molecular formula is C17H27BrN2. The van der Waals surface area contributed by atoms with Crippen molar-refractivity contribution in [2.45, 2.75) is 57.5 Å². The fourth-order valence-corrected chi connectivity index (χ4v) is 3.49. The van der Waals surface area contributed by atoms with E-state index < -0.39 is 0 Å². The molecule has 0 amide bonds. The number of nitrogens with zero attached hydrogens (tertiary/aromatic N) is 1. The summed E-state index contributed by atoms with van der Waals surface area (Å²) in [5.74, 6) is 0.